The SMILES string of the molecule is CCCNC(C)c1ccc(OCCCCC#N)cc1. The standard InChI is InChI=1S/C16H24N2O/c1-3-12-18-14(2)15-7-9-16(10-8-15)19-13-6-4-5-11-17/h7-10,14,18H,3-6,12-13H2,1-2H3. The summed E-state index contributed by atoms with van der Waals surface area (Å²) in [5.41, 5.74) is 1.28. The van der Waals surface area contributed by atoms with Crippen LogP contribution in [0, 0.1) is 11.3 Å². The zero-order valence-corrected chi connectivity index (χ0v) is 12.0. The molecule has 0 saturated heterocycles. The number of nitriles is 1. The largest absolute Gasteiger partial charge is 0.494 e. The van der Waals surface area contributed by atoms with Crippen LogP contribution in [-0.4, -0.2) is 13.2 Å². The Labute approximate surface area is 116 Å². The summed E-state index contributed by atoms with van der Waals surface area (Å²) in [6.07, 6.45) is 3.60. The van der Waals surface area contributed by atoms with Crippen molar-refractivity contribution < 1.29 is 4.74 Å². The first-order valence-electron chi connectivity index (χ1n) is 7.11. The van der Waals surface area contributed by atoms with Gasteiger partial charge in [0.1, 0.15) is 5.75 Å². The Kier molecular flexibility index (Phi) is 7.69. The fraction of sp³-hybridized carbons (Fsp3) is 0.562. The van der Waals surface area contributed by atoms with Gasteiger partial charge in [-0.15, -0.1) is 0 Å². The van der Waals surface area contributed by atoms with Crippen LogP contribution in [0.2, 0.25) is 0 Å². The summed E-state index contributed by atoms with van der Waals surface area (Å²) in [7, 11) is 0. The summed E-state index contributed by atoms with van der Waals surface area (Å²) in [5, 5.41) is 11.9. The summed E-state index contributed by atoms with van der Waals surface area (Å²) >= 11 is 0. The molecule has 19 heavy (non-hydrogen) atoms. The lowest BCUT2D eigenvalue weighted by atomic mass is 10.1. The Morgan fingerprint density at radius 2 is 2.00 bits per heavy atom. The summed E-state index contributed by atoms with van der Waals surface area (Å²) in [4.78, 5) is 0. The highest BCUT2D eigenvalue weighted by Crippen LogP contribution is 2.17. The molecule has 0 aliphatic rings. The molecule has 1 atom stereocenters. The maximum atomic E-state index is 8.43. The van der Waals surface area contributed by atoms with Gasteiger partial charge in [-0.05, 0) is 50.4 Å². The van der Waals surface area contributed by atoms with Crippen molar-refractivity contribution in [2.24, 2.45) is 0 Å². The van der Waals surface area contributed by atoms with Crippen molar-refractivity contribution >= 4 is 0 Å². The smallest absolute Gasteiger partial charge is 0.119 e. The van der Waals surface area contributed by atoms with Crippen LogP contribution in [0.25, 0.3) is 0 Å². The lowest BCUT2D eigenvalue weighted by Gasteiger charge is -2.14. The number of nitrogens with zero attached hydrogens (tertiary/aromatic N) is 1. The van der Waals surface area contributed by atoms with Gasteiger partial charge in [0.15, 0.2) is 0 Å². The van der Waals surface area contributed by atoms with E-state index in [0.717, 1.165) is 31.6 Å². The van der Waals surface area contributed by atoms with E-state index in [4.69, 9.17) is 10.00 Å². The van der Waals surface area contributed by atoms with Crippen molar-refractivity contribution in [3.63, 3.8) is 0 Å². The van der Waals surface area contributed by atoms with E-state index >= 15 is 0 Å². The fourth-order valence-electron chi connectivity index (χ4n) is 1.83. The minimum absolute atomic E-state index is 0.379. The van der Waals surface area contributed by atoms with Gasteiger partial charge in [-0.1, -0.05) is 19.1 Å². The minimum atomic E-state index is 0.379. The molecule has 0 aliphatic heterocycles. The molecule has 0 aromatic heterocycles. The zero-order chi connectivity index (χ0) is 13.9. The molecular weight excluding hydrogens is 236 g/mol. The van der Waals surface area contributed by atoms with Crippen LogP contribution < -0.4 is 10.1 Å². The first-order valence-corrected chi connectivity index (χ1v) is 7.11. The van der Waals surface area contributed by atoms with Crippen LogP contribution in [0.3, 0.4) is 0 Å². The molecule has 1 aromatic carbocycles. The third kappa shape index (κ3) is 6.26. The number of unbranched alkanes of at least 4 members (excludes halogenated alkanes) is 2. The third-order valence-corrected chi connectivity index (χ3v) is 3.03. The summed E-state index contributed by atoms with van der Waals surface area (Å²) in [6.45, 7) is 6.07. The van der Waals surface area contributed by atoms with Crippen molar-refractivity contribution in [3.05, 3.63) is 29.8 Å². The zero-order valence-electron chi connectivity index (χ0n) is 12.0. The molecule has 0 saturated carbocycles. The van der Waals surface area contributed by atoms with Gasteiger partial charge in [0, 0.05) is 12.5 Å². The van der Waals surface area contributed by atoms with E-state index in [-0.39, 0.29) is 0 Å². The van der Waals surface area contributed by atoms with Gasteiger partial charge in [-0.2, -0.15) is 5.26 Å². The molecular formula is C16H24N2O. The average molecular weight is 260 g/mol. The topological polar surface area (TPSA) is 45.0 Å². The molecule has 0 heterocycles. The van der Waals surface area contributed by atoms with Crippen LogP contribution in [0.5, 0.6) is 5.75 Å². The van der Waals surface area contributed by atoms with E-state index in [1.807, 2.05) is 12.1 Å². The van der Waals surface area contributed by atoms with E-state index in [9.17, 15) is 0 Å². The summed E-state index contributed by atoms with van der Waals surface area (Å²) in [5.74, 6) is 0.906. The van der Waals surface area contributed by atoms with Gasteiger partial charge in [-0.3, -0.25) is 0 Å². The van der Waals surface area contributed by atoms with E-state index in [1.54, 1.807) is 0 Å². The lowest BCUT2D eigenvalue weighted by Crippen LogP contribution is -2.19. The molecule has 1 rings (SSSR count). The van der Waals surface area contributed by atoms with Crippen molar-refractivity contribution in [2.45, 2.75) is 45.6 Å². The maximum absolute atomic E-state index is 8.43. The second kappa shape index (κ2) is 9.41. The number of hydrogen-bond donors (Lipinski definition) is 1. The predicted molar refractivity (Wildman–Crippen MR) is 78.1 cm³/mol. The lowest BCUT2D eigenvalue weighted by molar-refractivity contribution is 0.307. The molecule has 1 N–H and O–H groups in total. The molecule has 1 unspecified atom stereocenters. The van der Waals surface area contributed by atoms with E-state index in [1.165, 1.54) is 5.56 Å². The Bertz CT molecular complexity index is 381. The van der Waals surface area contributed by atoms with Crippen molar-refractivity contribution in [3.8, 4) is 11.8 Å². The molecule has 3 nitrogen and oxygen atoms in total. The molecule has 0 spiro atoms. The number of rotatable bonds is 9. The van der Waals surface area contributed by atoms with Gasteiger partial charge in [0.25, 0.3) is 0 Å². The Balaban J connectivity index is 2.33. The minimum Gasteiger partial charge on any atom is -0.494 e. The summed E-state index contributed by atoms with van der Waals surface area (Å²) < 4.78 is 5.64. The molecule has 3 heteroatoms. The highest BCUT2D eigenvalue weighted by atomic mass is 16.5. The molecule has 0 aliphatic carbocycles. The van der Waals surface area contributed by atoms with Gasteiger partial charge < -0.3 is 10.1 Å². The second-order valence-corrected chi connectivity index (χ2v) is 4.71. The predicted octanol–water partition coefficient (Wildman–Crippen LogP) is 3.82. The van der Waals surface area contributed by atoms with Crippen LogP contribution in [0.4, 0.5) is 0 Å². The van der Waals surface area contributed by atoms with E-state index < -0.39 is 0 Å². The van der Waals surface area contributed by atoms with Crippen molar-refractivity contribution in [1.29, 1.82) is 5.26 Å². The Morgan fingerprint density at radius 1 is 1.26 bits per heavy atom. The van der Waals surface area contributed by atoms with Crippen molar-refractivity contribution in [1.82, 2.24) is 5.32 Å². The van der Waals surface area contributed by atoms with Crippen LogP contribution in [0.15, 0.2) is 24.3 Å². The Hall–Kier alpha value is -1.53. The molecule has 0 bridgehead atoms. The highest BCUT2D eigenvalue weighted by molar-refractivity contribution is 5.28. The number of benzene rings is 1. The van der Waals surface area contributed by atoms with E-state index in [2.05, 4.69) is 37.4 Å². The molecule has 104 valence electrons. The molecule has 0 radical (unpaired) electrons. The van der Waals surface area contributed by atoms with Gasteiger partial charge in [0.2, 0.25) is 0 Å². The highest BCUT2D eigenvalue weighted by Gasteiger charge is 2.03. The van der Waals surface area contributed by atoms with Crippen LogP contribution >= 0.6 is 0 Å². The number of nitrogens with one attached hydrogen (secondary N) is 1. The normalized spacial score (nSPS) is 11.8. The average Bonchev–Trinajstić information content (AvgIpc) is 2.45. The second-order valence-electron chi connectivity index (χ2n) is 4.71. The first-order chi connectivity index (χ1) is 9.27. The number of ether oxygens (including phenoxy) is 1. The van der Waals surface area contributed by atoms with Crippen LogP contribution in [0.1, 0.15) is 51.1 Å². The molecule has 1 aromatic rings. The molecule has 0 amide bonds. The monoisotopic (exact) mass is 260 g/mol. The maximum Gasteiger partial charge on any atom is 0.119 e. The number of hydrogen-bond acceptors (Lipinski definition) is 3. The fourth-order valence-corrected chi connectivity index (χ4v) is 1.83. The van der Waals surface area contributed by atoms with Gasteiger partial charge >= 0.3 is 0 Å². The van der Waals surface area contributed by atoms with Gasteiger partial charge in [-0.25, -0.2) is 0 Å². The first kappa shape index (κ1) is 15.5. The quantitative estimate of drug-likeness (QED) is 0.686. The third-order valence-electron chi connectivity index (χ3n) is 3.03. The molecule has 0 fully saturated rings. The Morgan fingerprint density at radius 3 is 2.63 bits per heavy atom. The summed E-state index contributed by atoms with van der Waals surface area (Å²) in [6, 6.07) is 10.8. The van der Waals surface area contributed by atoms with E-state index in [0.29, 0.717) is 19.1 Å². The van der Waals surface area contributed by atoms with Gasteiger partial charge in [0.05, 0.1) is 12.7 Å². The van der Waals surface area contributed by atoms with Crippen molar-refractivity contribution in [2.75, 3.05) is 13.2 Å². The van der Waals surface area contributed by atoms with Crippen LogP contribution in [-0.2, 0) is 0 Å².